The molecule has 6 heteroatoms. The SMILES string of the molecule is c1cnc(O[C@H]2CCOC3(C2)CN(Cc2cccnc2)C3)nc1. The fraction of sp³-hybridized carbons (Fsp3) is 0.471. The summed E-state index contributed by atoms with van der Waals surface area (Å²) in [6.45, 7) is 3.54. The lowest BCUT2D eigenvalue weighted by molar-refractivity contribution is -0.188. The molecule has 2 fully saturated rings. The fourth-order valence-corrected chi connectivity index (χ4v) is 3.43. The van der Waals surface area contributed by atoms with Gasteiger partial charge >= 0.3 is 6.01 Å². The Morgan fingerprint density at radius 2 is 2.09 bits per heavy atom. The van der Waals surface area contributed by atoms with E-state index in [0.29, 0.717) is 6.01 Å². The molecule has 0 bridgehead atoms. The first-order valence-corrected chi connectivity index (χ1v) is 8.00. The Bertz CT molecular complexity index is 632. The van der Waals surface area contributed by atoms with Crippen LogP contribution in [0.5, 0.6) is 6.01 Å². The van der Waals surface area contributed by atoms with E-state index in [1.165, 1.54) is 5.56 Å². The minimum atomic E-state index is -0.0695. The van der Waals surface area contributed by atoms with E-state index in [9.17, 15) is 0 Å². The van der Waals surface area contributed by atoms with E-state index in [1.54, 1.807) is 24.7 Å². The Morgan fingerprint density at radius 1 is 1.22 bits per heavy atom. The summed E-state index contributed by atoms with van der Waals surface area (Å²) >= 11 is 0. The first-order valence-electron chi connectivity index (χ1n) is 8.00. The van der Waals surface area contributed by atoms with E-state index in [2.05, 4.69) is 25.9 Å². The molecule has 0 unspecified atom stereocenters. The van der Waals surface area contributed by atoms with Gasteiger partial charge in [0.1, 0.15) is 6.10 Å². The second-order valence-electron chi connectivity index (χ2n) is 6.30. The first-order chi connectivity index (χ1) is 11.3. The maximum absolute atomic E-state index is 6.06. The fourth-order valence-electron chi connectivity index (χ4n) is 3.43. The van der Waals surface area contributed by atoms with Gasteiger partial charge in [0.15, 0.2) is 0 Å². The molecule has 6 nitrogen and oxygen atoms in total. The molecule has 2 aliphatic rings. The zero-order valence-electron chi connectivity index (χ0n) is 13.0. The number of rotatable bonds is 4. The van der Waals surface area contributed by atoms with Gasteiger partial charge < -0.3 is 9.47 Å². The summed E-state index contributed by atoms with van der Waals surface area (Å²) in [6.07, 6.45) is 9.06. The molecule has 0 aromatic carbocycles. The van der Waals surface area contributed by atoms with Gasteiger partial charge in [-0.05, 0) is 17.7 Å². The molecule has 4 heterocycles. The Hall–Kier alpha value is -2.05. The lowest BCUT2D eigenvalue weighted by atomic mass is 9.84. The normalized spacial score (nSPS) is 23.4. The number of ether oxygens (including phenoxy) is 2. The third-order valence-electron chi connectivity index (χ3n) is 4.41. The first kappa shape index (κ1) is 14.5. The molecule has 2 aromatic heterocycles. The minimum Gasteiger partial charge on any atom is -0.460 e. The third-order valence-corrected chi connectivity index (χ3v) is 4.41. The quantitative estimate of drug-likeness (QED) is 0.856. The van der Waals surface area contributed by atoms with Crippen LogP contribution in [0.1, 0.15) is 18.4 Å². The van der Waals surface area contributed by atoms with Gasteiger partial charge in [-0.3, -0.25) is 9.88 Å². The van der Waals surface area contributed by atoms with Crippen molar-refractivity contribution in [1.82, 2.24) is 19.9 Å². The van der Waals surface area contributed by atoms with E-state index in [4.69, 9.17) is 9.47 Å². The predicted octanol–water partition coefficient (Wildman–Crippen LogP) is 1.68. The summed E-state index contributed by atoms with van der Waals surface area (Å²) in [5, 5.41) is 0. The van der Waals surface area contributed by atoms with Gasteiger partial charge in [0.2, 0.25) is 0 Å². The highest BCUT2D eigenvalue weighted by Gasteiger charge is 2.48. The smallest absolute Gasteiger partial charge is 0.316 e. The molecular weight excluding hydrogens is 292 g/mol. The summed E-state index contributed by atoms with van der Waals surface area (Å²) < 4.78 is 12.0. The van der Waals surface area contributed by atoms with Crippen molar-refractivity contribution in [3.63, 3.8) is 0 Å². The van der Waals surface area contributed by atoms with E-state index in [0.717, 1.165) is 39.1 Å². The second-order valence-corrected chi connectivity index (χ2v) is 6.30. The van der Waals surface area contributed by atoms with Crippen molar-refractivity contribution in [1.29, 1.82) is 0 Å². The highest BCUT2D eigenvalue weighted by atomic mass is 16.5. The maximum atomic E-state index is 6.06. The van der Waals surface area contributed by atoms with Crippen LogP contribution < -0.4 is 4.74 Å². The van der Waals surface area contributed by atoms with Crippen LogP contribution in [-0.4, -0.2) is 51.3 Å². The molecule has 1 spiro atoms. The summed E-state index contributed by atoms with van der Waals surface area (Å²) in [5.41, 5.74) is 1.17. The van der Waals surface area contributed by atoms with Crippen LogP contribution in [-0.2, 0) is 11.3 Å². The molecule has 120 valence electrons. The molecule has 2 saturated heterocycles. The molecule has 0 saturated carbocycles. The lowest BCUT2D eigenvalue weighted by Crippen LogP contribution is -2.65. The maximum Gasteiger partial charge on any atom is 0.316 e. The van der Waals surface area contributed by atoms with Gasteiger partial charge in [-0.15, -0.1) is 0 Å². The van der Waals surface area contributed by atoms with Crippen LogP contribution in [0.15, 0.2) is 43.0 Å². The molecule has 2 aromatic rings. The molecule has 2 aliphatic heterocycles. The number of nitrogens with zero attached hydrogens (tertiary/aromatic N) is 4. The summed E-state index contributed by atoms with van der Waals surface area (Å²) in [4.78, 5) is 14.8. The van der Waals surface area contributed by atoms with Crippen molar-refractivity contribution in [2.45, 2.75) is 31.1 Å². The summed E-state index contributed by atoms with van der Waals surface area (Å²) in [5.74, 6) is 0. The Balaban J connectivity index is 1.32. The highest BCUT2D eigenvalue weighted by molar-refractivity contribution is 5.11. The van der Waals surface area contributed by atoms with Crippen molar-refractivity contribution < 1.29 is 9.47 Å². The average molecular weight is 312 g/mol. The predicted molar refractivity (Wildman–Crippen MR) is 83.9 cm³/mol. The summed E-state index contributed by atoms with van der Waals surface area (Å²) in [6, 6.07) is 6.34. The van der Waals surface area contributed by atoms with Gasteiger partial charge in [-0.2, -0.15) is 0 Å². The topological polar surface area (TPSA) is 60.4 Å². The van der Waals surface area contributed by atoms with Crippen molar-refractivity contribution in [3.8, 4) is 6.01 Å². The number of hydrogen-bond donors (Lipinski definition) is 0. The number of likely N-dealkylation sites (tertiary alicyclic amines) is 1. The molecule has 4 rings (SSSR count). The Morgan fingerprint density at radius 3 is 2.87 bits per heavy atom. The van der Waals surface area contributed by atoms with Crippen LogP contribution in [0.25, 0.3) is 0 Å². The molecule has 0 radical (unpaired) electrons. The zero-order chi connectivity index (χ0) is 15.5. The van der Waals surface area contributed by atoms with E-state index in [1.807, 2.05) is 12.3 Å². The zero-order valence-corrected chi connectivity index (χ0v) is 13.0. The van der Waals surface area contributed by atoms with E-state index >= 15 is 0 Å². The number of pyridine rings is 1. The molecule has 1 atom stereocenters. The average Bonchev–Trinajstić information content (AvgIpc) is 2.56. The monoisotopic (exact) mass is 312 g/mol. The van der Waals surface area contributed by atoms with Crippen molar-refractivity contribution in [2.24, 2.45) is 0 Å². The van der Waals surface area contributed by atoms with Crippen LogP contribution in [0.4, 0.5) is 0 Å². The van der Waals surface area contributed by atoms with E-state index < -0.39 is 0 Å². The van der Waals surface area contributed by atoms with Crippen LogP contribution >= 0.6 is 0 Å². The molecular formula is C17H20N4O2. The van der Waals surface area contributed by atoms with Gasteiger partial charge in [0.05, 0.1) is 12.2 Å². The highest BCUT2D eigenvalue weighted by Crippen LogP contribution is 2.36. The molecule has 0 amide bonds. The Labute approximate surface area is 135 Å². The van der Waals surface area contributed by atoms with Gasteiger partial charge in [-0.25, -0.2) is 9.97 Å². The molecule has 23 heavy (non-hydrogen) atoms. The van der Waals surface area contributed by atoms with Gasteiger partial charge in [0, 0.05) is 57.3 Å². The largest absolute Gasteiger partial charge is 0.460 e. The summed E-state index contributed by atoms with van der Waals surface area (Å²) in [7, 11) is 0. The number of hydrogen-bond acceptors (Lipinski definition) is 6. The molecule has 0 aliphatic carbocycles. The van der Waals surface area contributed by atoms with Crippen LogP contribution in [0.2, 0.25) is 0 Å². The second kappa shape index (κ2) is 6.22. The van der Waals surface area contributed by atoms with Crippen molar-refractivity contribution >= 4 is 0 Å². The number of aromatic nitrogens is 3. The van der Waals surface area contributed by atoms with Gasteiger partial charge in [-0.1, -0.05) is 6.07 Å². The lowest BCUT2D eigenvalue weighted by Gasteiger charge is -2.53. The standard InChI is InChI=1S/C17H20N4O2/c1-3-14(10-18-5-1)11-21-12-17(13-21)9-15(4-8-22-17)23-16-19-6-2-7-20-16/h1-3,5-7,10,15H,4,8-9,11-13H2/t15-/m0/s1. The van der Waals surface area contributed by atoms with Crippen molar-refractivity contribution in [2.75, 3.05) is 19.7 Å². The molecule has 0 N–H and O–H groups in total. The van der Waals surface area contributed by atoms with Crippen molar-refractivity contribution in [3.05, 3.63) is 48.5 Å². The van der Waals surface area contributed by atoms with Crippen LogP contribution in [0, 0.1) is 0 Å². The minimum absolute atomic E-state index is 0.0695. The van der Waals surface area contributed by atoms with E-state index in [-0.39, 0.29) is 11.7 Å². The van der Waals surface area contributed by atoms with Crippen LogP contribution in [0.3, 0.4) is 0 Å². The Kier molecular flexibility index (Phi) is 3.93. The third kappa shape index (κ3) is 3.33. The van der Waals surface area contributed by atoms with Gasteiger partial charge in [0.25, 0.3) is 0 Å².